The van der Waals surface area contributed by atoms with Crippen molar-refractivity contribution >= 4 is 79.2 Å². The molecule has 1 aromatic heterocycles. The zero-order chi connectivity index (χ0) is 24.8. The van der Waals surface area contributed by atoms with E-state index in [0.29, 0.717) is 15.8 Å². The molecule has 6 rings (SSSR count). The molecule has 0 saturated carbocycles. The number of rotatable bonds is 4. The minimum Gasteiger partial charge on any atom is -0.340 e. The molecule has 0 unspecified atom stereocenters. The van der Waals surface area contributed by atoms with Crippen LogP contribution in [0.5, 0.6) is 0 Å². The minimum absolute atomic E-state index is 0.0938. The Morgan fingerprint density at radius 1 is 0.889 bits per heavy atom. The van der Waals surface area contributed by atoms with E-state index in [1.807, 2.05) is 84.9 Å². The molecule has 1 fully saturated rings. The SMILES string of the molecule is Cc1c(/C=C2/SC(=S)N(c3cccc4ccccc34)C2=O)c2ccccc2n1Cc1ccccc1Cl. The van der Waals surface area contributed by atoms with Crippen molar-refractivity contribution in [3.05, 3.63) is 118 Å². The van der Waals surface area contributed by atoms with Gasteiger partial charge in [0.15, 0.2) is 4.32 Å². The van der Waals surface area contributed by atoms with Gasteiger partial charge in [0.2, 0.25) is 0 Å². The summed E-state index contributed by atoms with van der Waals surface area (Å²) in [6, 6.07) is 30.2. The molecule has 0 spiro atoms. The van der Waals surface area contributed by atoms with Gasteiger partial charge in [-0.05, 0) is 42.1 Å². The highest BCUT2D eigenvalue weighted by molar-refractivity contribution is 8.27. The van der Waals surface area contributed by atoms with Gasteiger partial charge in [-0.1, -0.05) is 108 Å². The number of hydrogen-bond donors (Lipinski definition) is 0. The van der Waals surface area contributed by atoms with E-state index < -0.39 is 0 Å². The highest BCUT2D eigenvalue weighted by atomic mass is 35.5. The van der Waals surface area contributed by atoms with E-state index in [1.165, 1.54) is 11.8 Å². The van der Waals surface area contributed by atoms with Crippen molar-refractivity contribution in [2.45, 2.75) is 13.5 Å². The summed E-state index contributed by atoms with van der Waals surface area (Å²) in [6.07, 6.45) is 1.99. The molecule has 1 saturated heterocycles. The van der Waals surface area contributed by atoms with Crippen LogP contribution >= 0.6 is 35.6 Å². The van der Waals surface area contributed by atoms with Gasteiger partial charge in [-0.3, -0.25) is 9.69 Å². The molecule has 1 amide bonds. The topological polar surface area (TPSA) is 25.2 Å². The maximum atomic E-state index is 13.7. The molecule has 0 radical (unpaired) electrons. The third-order valence-corrected chi connectivity index (χ3v) is 8.31. The fraction of sp³-hybridized carbons (Fsp3) is 0.0667. The molecule has 3 nitrogen and oxygen atoms in total. The number of halogens is 1. The van der Waals surface area contributed by atoms with Crippen LogP contribution in [0, 0.1) is 6.92 Å². The lowest BCUT2D eigenvalue weighted by Crippen LogP contribution is -2.27. The molecule has 4 aromatic carbocycles. The Bertz CT molecular complexity index is 1710. The molecule has 0 bridgehead atoms. The predicted molar refractivity (Wildman–Crippen MR) is 157 cm³/mol. The third kappa shape index (κ3) is 3.84. The second-order valence-corrected chi connectivity index (χ2v) is 10.8. The maximum absolute atomic E-state index is 13.7. The van der Waals surface area contributed by atoms with Crippen LogP contribution in [-0.2, 0) is 11.3 Å². The highest BCUT2D eigenvalue weighted by Gasteiger charge is 2.34. The third-order valence-electron chi connectivity index (χ3n) is 6.64. The van der Waals surface area contributed by atoms with E-state index in [9.17, 15) is 4.79 Å². The van der Waals surface area contributed by atoms with Gasteiger partial charge in [0.05, 0.1) is 10.6 Å². The van der Waals surface area contributed by atoms with Crippen molar-refractivity contribution in [2.24, 2.45) is 0 Å². The molecule has 36 heavy (non-hydrogen) atoms. The normalized spacial score (nSPS) is 15.1. The number of benzene rings is 4. The van der Waals surface area contributed by atoms with E-state index in [4.69, 9.17) is 23.8 Å². The first-order valence-corrected chi connectivity index (χ1v) is 13.2. The van der Waals surface area contributed by atoms with Crippen molar-refractivity contribution in [3.63, 3.8) is 0 Å². The molecule has 0 N–H and O–H groups in total. The molecular weight excluding hydrogens is 504 g/mol. The van der Waals surface area contributed by atoms with Gasteiger partial charge in [0.25, 0.3) is 5.91 Å². The number of amides is 1. The zero-order valence-electron chi connectivity index (χ0n) is 19.4. The summed E-state index contributed by atoms with van der Waals surface area (Å²) < 4.78 is 2.80. The quantitative estimate of drug-likeness (QED) is 0.175. The van der Waals surface area contributed by atoms with E-state index in [2.05, 4.69) is 23.6 Å². The Hall–Kier alpha value is -3.38. The Kier molecular flexibility index (Phi) is 5.92. The predicted octanol–water partition coefficient (Wildman–Crippen LogP) is 8.21. The lowest BCUT2D eigenvalue weighted by atomic mass is 10.1. The number of thioether (sulfide) groups is 1. The van der Waals surface area contributed by atoms with E-state index in [1.54, 1.807) is 4.90 Å². The van der Waals surface area contributed by atoms with Crippen LogP contribution in [0.25, 0.3) is 27.8 Å². The number of para-hydroxylation sites is 1. The first-order chi connectivity index (χ1) is 17.5. The monoisotopic (exact) mass is 524 g/mol. The molecular formula is C30H21ClN2OS2. The highest BCUT2D eigenvalue weighted by Crippen LogP contribution is 2.40. The Morgan fingerprint density at radius 2 is 1.58 bits per heavy atom. The number of carbonyl (C=O) groups is 1. The summed E-state index contributed by atoms with van der Waals surface area (Å²) in [7, 11) is 0. The van der Waals surface area contributed by atoms with Gasteiger partial charge < -0.3 is 4.57 Å². The van der Waals surface area contributed by atoms with Crippen LogP contribution in [0.15, 0.2) is 95.9 Å². The van der Waals surface area contributed by atoms with Crippen molar-refractivity contribution in [1.29, 1.82) is 0 Å². The number of anilines is 1. The summed E-state index contributed by atoms with van der Waals surface area (Å²) in [5, 5.41) is 3.92. The molecule has 1 aliphatic heterocycles. The van der Waals surface area contributed by atoms with Crippen molar-refractivity contribution < 1.29 is 4.79 Å². The number of hydrogen-bond acceptors (Lipinski definition) is 3. The summed E-state index contributed by atoms with van der Waals surface area (Å²) in [6.45, 7) is 2.74. The first-order valence-electron chi connectivity index (χ1n) is 11.6. The average Bonchev–Trinajstić information content (AvgIpc) is 3.32. The minimum atomic E-state index is -0.0938. The zero-order valence-corrected chi connectivity index (χ0v) is 21.8. The largest absolute Gasteiger partial charge is 0.340 e. The Labute approximate surface area is 224 Å². The fourth-order valence-electron chi connectivity index (χ4n) is 4.85. The number of aromatic nitrogens is 1. The molecule has 176 valence electrons. The van der Waals surface area contributed by atoms with Gasteiger partial charge >= 0.3 is 0 Å². The summed E-state index contributed by atoms with van der Waals surface area (Å²) >= 11 is 13.5. The second kappa shape index (κ2) is 9.25. The number of fused-ring (bicyclic) bond motifs is 2. The van der Waals surface area contributed by atoms with Gasteiger partial charge in [-0.2, -0.15) is 0 Å². The number of nitrogens with zero attached hydrogens (tertiary/aromatic N) is 2. The first kappa shape index (κ1) is 23.0. The van der Waals surface area contributed by atoms with E-state index in [-0.39, 0.29) is 5.91 Å². The van der Waals surface area contributed by atoms with Crippen LogP contribution in [0.1, 0.15) is 16.8 Å². The van der Waals surface area contributed by atoms with Gasteiger partial charge in [-0.15, -0.1) is 0 Å². The smallest absolute Gasteiger partial charge is 0.270 e. The second-order valence-electron chi connectivity index (χ2n) is 8.71. The summed E-state index contributed by atoms with van der Waals surface area (Å²) in [5.74, 6) is -0.0938. The number of carbonyl (C=O) groups excluding carboxylic acids is 1. The fourth-order valence-corrected chi connectivity index (χ4v) is 6.31. The Balaban J connectivity index is 1.44. The van der Waals surface area contributed by atoms with Crippen molar-refractivity contribution in [1.82, 2.24) is 4.57 Å². The molecule has 6 heteroatoms. The van der Waals surface area contributed by atoms with Crippen LogP contribution in [0.3, 0.4) is 0 Å². The summed E-state index contributed by atoms with van der Waals surface area (Å²) in [5.41, 5.74) is 5.07. The average molecular weight is 525 g/mol. The van der Waals surface area contributed by atoms with Crippen LogP contribution in [0.4, 0.5) is 5.69 Å². The lowest BCUT2D eigenvalue weighted by Gasteiger charge is -2.17. The van der Waals surface area contributed by atoms with Gasteiger partial charge in [0.1, 0.15) is 0 Å². The standard InChI is InChI=1S/C30H21ClN2OS2/c1-19-24(23-13-5-7-15-26(23)32(19)18-21-10-3-6-14-25(21)31)17-28-29(34)33(30(35)36-28)27-16-8-11-20-9-2-4-12-22(20)27/h2-17H,18H2,1H3/b28-17+. The number of thiocarbonyl (C=S) groups is 1. The molecule has 0 atom stereocenters. The van der Waals surface area contributed by atoms with Gasteiger partial charge in [0, 0.05) is 39.1 Å². The molecule has 1 aliphatic rings. The van der Waals surface area contributed by atoms with Crippen LogP contribution in [-0.4, -0.2) is 14.8 Å². The van der Waals surface area contributed by atoms with E-state index >= 15 is 0 Å². The van der Waals surface area contributed by atoms with Crippen molar-refractivity contribution in [3.8, 4) is 0 Å². The van der Waals surface area contributed by atoms with Crippen LogP contribution < -0.4 is 4.90 Å². The maximum Gasteiger partial charge on any atom is 0.270 e. The lowest BCUT2D eigenvalue weighted by molar-refractivity contribution is -0.113. The molecule has 0 aliphatic carbocycles. The molecule has 5 aromatic rings. The van der Waals surface area contributed by atoms with Crippen LogP contribution in [0.2, 0.25) is 5.02 Å². The van der Waals surface area contributed by atoms with Crippen molar-refractivity contribution in [2.75, 3.05) is 4.90 Å². The van der Waals surface area contributed by atoms with Gasteiger partial charge in [-0.25, -0.2) is 0 Å². The Morgan fingerprint density at radius 3 is 2.42 bits per heavy atom. The molecule has 2 heterocycles. The van der Waals surface area contributed by atoms with E-state index in [0.717, 1.165) is 49.2 Å². The summed E-state index contributed by atoms with van der Waals surface area (Å²) in [4.78, 5) is 16.0.